The first-order chi connectivity index (χ1) is 8.25. The van der Waals surface area contributed by atoms with Crippen LogP contribution < -0.4 is 5.32 Å². The van der Waals surface area contributed by atoms with Crippen LogP contribution in [0.1, 0.15) is 5.56 Å². The van der Waals surface area contributed by atoms with Crippen LogP contribution >= 0.6 is 34.2 Å². The SMILES string of the molecule is Clc1ccc(I)cc1NCCc1cccnc1. The standard InChI is InChI=1S/C13H12ClIN2/c14-12-4-3-11(15)8-13(12)17-7-5-10-2-1-6-16-9-10/h1-4,6,8-9,17H,5,7H2. The molecule has 0 bridgehead atoms. The Morgan fingerprint density at radius 3 is 2.94 bits per heavy atom. The topological polar surface area (TPSA) is 24.9 Å². The number of nitrogens with zero attached hydrogens (tertiary/aromatic N) is 1. The van der Waals surface area contributed by atoms with Crippen molar-refractivity contribution in [3.05, 3.63) is 56.9 Å². The Morgan fingerprint density at radius 1 is 1.29 bits per heavy atom. The van der Waals surface area contributed by atoms with E-state index in [4.69, 9.17) is 11.6 Å². The van der Waals surface area contributed by atoms with E-state index in [2.05, 4.69) is 39.0 Å². The molecule has 0 amide bonds. The number of hydrogen-bond acceptors (Lipinski definition) is 2. The third kappa shape index (κ3) is 3.85. The summed E-state index contributed by atoms with van der Waals surface area (Å²) in [6, 6.07) is 9.98. The maximum absolute atomic E-state index is 6.10. The molecule has 1 aromatic carbocycles. The summed E-state index contributed by atoms with van der Waals surface area (Å²) in [4.78, 5) is 4.09. The summed E-state index contributed by atoms with van der Waals surface area (Å²) >= 11 is 8.38. The Bertz CT molecular complexity index is 488. The second kappa shape index (κ2) is 6.21. The summed E-state index contributed by atoms with van der Waals surface area (Å²) in [7, 11) is 0. The van der Waals surface area contributed by atoms with Crippen molar-refractivity contribution in [3.8, 4) is 0 Å². The number of halogens is 2. The van der Waals surface area contributed by atoms with Gasteiger partial charge >= 0.3 is 0 Å². The van der Waals surface area contributed by atoms with E-state index in [-0.39, 0.29) is 0 Å². The molecule has 1 heterocycles. The largest absolute Gasteiger partial charge is 0.383 e. The van der Waals surface area contributed by atoms with Crippen LogP contribution in [0.2, 0.25) is 5.02 Å². The minimum atomic E-state index is 0.761. The number of aromatic nitrogens is 1. The summed E-state index contributed by atoms with van der Waals surface area (Å²) in [5, 5.41) is 4.10. The Hall–Kier alpha value is -0.810. The van der Waals surface area contributed by atoms with Gasteiger partial charge in [-0.3, -0.25) is 4.98 Å². The normalized spacial score (nSPS) is 10.2. The van der Waals surface area contributed by atoms with Crippen LogP contribution in [0.25, 0.3) is 0 Å². The molecule has 0 aliphatic heterocycles. The Morgan fingerprint density at radius 2 is 2.18 bits per heavy atom. The predicted octanol–water partition coefficient (Wildman–Crippen LogP) is 3.99. The van der Waals surface area contributed by atoms with Crippen molar-refractivity contribution in [2.45, 2.75) is 6.42 Å². The fourth-order valence-electron chi connectivity index (χ4n) is 1.52. The molecule has 0 aliphatic carbocycles. The molecule has 17 heavy (non-hydrogen) atoms. The van der Waals surface area contributed by atoms with Crippen LogP contribution in [0, 0.1) is 3.57 Å². The highest BCUT2D eigenvalue weighted by Crippen LogP contribution is 2.23. The van der Waals surface area contributed by atoms with Gasteiger partial charge in [0.15, 0.2) is 0 Å². The van der Waals surface area contributed by atoms with Gasteiger partial charge in [-0.05, 0) is 58.8 Å². The Kier molecular flexibility index (Phi) is 4.62. The molecular formula is C13H12ClIN2. The lowest BCUT2D eigenvalue weighted by atomic mass is 10.2. The number of pyridine rings is 1. The van der Waals surface area contributed by atoms with Gasteiger partial charge in [0.1, 0.15) is 0 Å². The van der Waals surface area contributed by atoms with Crippen LogP contribution in [-0.4, -0.2) is 11.5 Å². The molecule has 0 saturated heterocycles. The second-order valence-corrected chi connectivity index (χ2v) is 5.32. The highest BCUT2D eigenvalue weighted by Gasteiger charge is 2.00. The van der Waals surface area contributed by atoms with E-state index < -0.39 is 0 Å². The van der Waals surface area contributed by atoms with Gasteiger partial charge < -0.3 is 5.32 Å². The Labute approximate surface area is 120 Å². The molecule has 1 aromatic heterocycles. The molecule has 0 atom stereocenters. The zero-order valence-electron chi connectivity index (χ0n) is 9.16. The fourth-order valence-corrected chi connectivity index (χ4v) is 2.20. The van der Waals surface area contributed by atoms with Crippen molar-refractivity contribution >= 4 is 39.9 Å². The fraction of sp³-hybridized carbons (Fsp3) is 0.154. The summed E-state index contributed by atoms with van der Waals surface area (Å²) in [6.07, 6.45) is 4.61. The lowest BCUT2D eigenvalue weighted by molar-refractivity contribution is 1.00. The van der Waals surface area contributed by atoms with Gasteiger partial charge in [0.2, 0.25) is 0 Å². The number of rotatable bonds is 4. The van der Waals surface area contributed by atoms with Gasteiger partial charge in [-0.1, -0.05) is 17.7 Å². The van der Waals surface area contributed by atoms with E-state index in [0.717, 1.165) is 23.7 Å². The molecule has 2 rings (SSSR count). The van der Waals surface area contributed by atoms with Gasteiger partial charge in [0, 0.05) is 22.5 Å². The molecule has 88 valence electrons. The van der Waals surface area contributed by atoms with Gasteiger partial charge in [-0.25, -0.2) is 0 Å². The number of hydrogen-bond donors (Lipinski definition) is 1. The van der Waals surface area contributed by atoms with Crippen LogP contribution in [-0.2, 0) is 6.42 Å². The zero-order chi connectivity index (χ0) is 12.1. The lowest BCUT2D eigenvalue weighted by Gasteiger charge is -2.08. The third-order valence-corrected chi connectivity index (χ3v) is 3.38. The van der Waals surface area contributed by atoms with Crippen molar-refractivity contribution in [1.82, 2.24) is 4.98 Å². The van der Waals surface area contributed by atoms with E-state index in [1.807, 2.05) is 30.5 Å². The first-order valence-corrected chi connectivity index (χ1v) is 6.79. The molecule has 0 aliphatic rings. The number of nitrogens with one attached hydrogen (secondary N) is 1. The van der Waals surface area contributed by atoms with E-state index in [1.165, 1.54) is 9.13 Å². The van der Waals surface area contributed by atoms with Crippen molar-refractivity contribution in [1.29, 1.82) is 0 Å². The van der Waals surface area contributed by atoms with E-state index in [9.17, 15) is 0 Å². The van der Waals surface area contributed by atoms with E-state index in [1.54, 1.807) is 6.20 Å². The van der Waals surface area contributed by atoms with Gasteiger partial charge in [-0.15, -0.1) is 0 Å². The molecule has 2 nitrogen and oxygen atoms in total. The van der Waals surface area contributed by atoms with Crippen LogP contribution in [0.3, 0.4) is 0 Å². The molecule has 0 radical (unpaired) electrons. The van der Waals surface area contributed by atoms with Gasteiger partial charge in [0.05, 0.1) is 10.7 Å². The lowest BCUT2D eigenvalue weighted by Crippen LogP contribution is -2.05. The highest BCUT2D eigenvalue weighted by atomic mass is 127. The predicted molar refractivity (Wildman–Crippen MR) is 80.6 cm³/mol. The van der Waals surface area contributed by atoms with Crippen molar-refractivity contribution in [2.75, 3.05) is 11.9 Å². The first-order valence-electron chi connectivity index (χ1n) is 5.33. The van der Waals surface area contributed by atoms with Gasteiger partial charge in [-0.2, -0.15) is 0 Å². The third-order valence-electron chi connectivity index (χ3n) is 2.38. The maximum atomic E-state index is 6.10. The van der Waals surface area contributed by atoms with Crippen LogP contribution in [0.4, 0.5) is 5.69 Å². The molecule has 0 saturated carbocycles. The van der Waals surface area contributed by atoms with Crippen molar-refractivity contribution in [2.24, 2.45) is 0 Å². The summed E-state index contributed by atoms with van der Waals surface area (Å²) in [6.45, 7) is 0.853. The summed E-state index contributed by atoms with van der Waals surface area (Å²) in [5.41, 5.74) is 2.21. The number of benzene rings is 1. The average molecular weight is 359 g/mol. The highest BCUT2D eigenvalue weighted by molar-refractivity contribution is 14.1. The molecule has 0 spiro atoms. The molecule has 2 aromatic rings. The smallest absolute Gasteiger partial charge is 0.0638 e. The van der Waals surface area contributed by atoms with Crippen LogP contribution in [0.15, 0.2) is 42.7 Å². The van der Waals surface area contributed by atoms with E-state index >= 15 is 0 Å². The monoisotopic (exact) mass is 358 g/mol. The molecule has 4 heteroatoms. The minimum Gasteiger partial charge on any atom is -0.383 e. The maximum Gasteiger partial charge on any atom is 0.0638 e. The molecule has 0 unspecified atom stereocenters. The summed E-state index contributed by atoms with van der Waals surface area (Å²) in [5.74, 6) is 0. The van der Waals surface area contributed by atoms with Crippen molar-refractivity contribution in [3.63, 3.8) is 0 Å². The quantitative estimate of drug-likeness (QED) is 0.836. The minimum absolute atomic E-state index is 0.761. The number of anilines is 1. The van der Waals surface area contributed by atoms with Crippen molar-refractivity contribution < 1.29 is 0 Å². The zero-order valence-corrected chi connectivity index (χ0v) is 12.1. The molecule has 0 fully saturated rings. The van der Waals surface area contributed by atoms with E-state index in [0.29, 0.717) is 0 Å². The Balaban J connectivity index is 1.92. The average Bonchev–Trinajstić information content (AvgIpc) is 2.35. The molecular weight excluding hydrogens is 347 g/mol. The van der Waals surface area contributed by atoms with Crippen LogP contribution in [0.5, 0.6) is 0 Å². The summed E-state index contributed by atoms with van der Waals surface area (Å²) < 4.78 is 1.18. The first kappa shape index (κ1) is 12.6. The van der Waals surface area contributed by atoms with Gasteiger partial charge in [0.25, 0.3) is 0 Å². The second-order valence-electron chi connectivity index (χ2n) is 3.66. The molecule has 1 N–H and O–H groups in total.